The molecule has 29 heavy (non-hydrogen) atoms. The number of nitrogens with zero attached hydrogens (tertiary/aromatic N) is 4. The number of hydrogen-bond donors (Lipinski definition) is 0. The largest absolute Gasteiger partial charge is 0.444 e. The number of amides is 1. The minimum Gasteiger partial charge on any atom is -0.444 e. The van der Waals surface area contributed by atoms with Crippen molar-refractivity contribution in [3.63, 3.8) is 0 Å². The molecule has 1 fully saturated rings. The Morgan fingerprint density at radius 3 is 2.24 bits per heavy atom. The molecule has 0 bridgehead atoms. The summed E-state index contributed by atoms with van der Waals surface area (Å²) in [4.78, 5) is 21.3. The average Bonchev–Trinajstić information content (AvgIpc) is 2.97. The van der Waals surface area contributed by atoms with Gasteiger partial charge in [-0.2, -0.15) is 0 Å². The molecule has 0 spiro atoms. The van der Waals surface area contributed by atoms with Crippen molar-refractivity contribution in [2.24, 2.45) is 0 Å². The Morgan fingerprint density at radius 1 is 1.03 bits per heavy atom. The molecule has 1 saturated heterocycles. The second kappa shape index (κ2) is 8.57. The number of hydrogen-bond acceptors (Lipinski definition) is 4. The summed E-state index contributed by atoms with van der Waals surface area (Å²) in [7, 11) is 0. The van der Waals surface area contributed by atoms with Crippen LogP contribution in [0, 0.1) is 20.8 Å². The van der Waals surface area contributed by atoms with Gasteiger partial charge in [0.25, 0.3) is 0 Å². The maximum absolute atomic E-state index is 12.2. The van der Waals surface area contributed by atoms with E-state index in [9.17, 15) is 4.79 Å². The summed E-state index contributed by atoms with van der Waals surface area (Å²) in [5.74, 6) is 0.995. The Bertz CT molecular complexity index is 839. The molecule has 158 valence electrons. The van der Waals surface area contributed by atoms with Crippen LogP contribution >= 0.6 is 0 Å². The fourth-order valence-corrected chi connectivity index (χ4v) is 3.75. The van der Waals surface area contributed by atoms with E-state index in [-0.39, 0.29) is 6.09 Å². The third kappa shape index (κ3) is 5.60. The Balaban J connectivity index is 1.57. The van der Waals surface area contributed by atoms with Crippen molar-refractivity contribution in [1.29, 1.82) is 0 Å². The van der Waals surface area contributed by atoms with Gasteiger partial charge in [-0.25, -0.2) is 9.78 Å². The van der Waals surface area contributed by atoms with Crippen LogP contribution in [0.5, 0.6) is 0 Å². The number of aromatic nitrogens is 2. The van der Waals surface area contributed by atoms with Gasteiger partial charge in [0, 0.05) is 56.2 Å². The molecule has 2 aromatic rings. The van der Waals surface area contributed by atoms with E-state index in [0.717, 1.165) is 37.6 Å². The molecule has 0 aliphatic carbocycles. The molecule has 3 rings (SSSR count). The lowest BCUT2D eigenvalue weighted by Gasteiger charge is -2.35. The van der Waals surface area contributed by atoms with Gasteiger partial charge in [0.1, 0.15) is 11.4 Å². The Kier molecular flexibility index (Phi) is 6.32. The fourth-order valence-electron chi connectivity index (χ4n) is 3.75. The monoisotopic (exact) mass is 398 g/mol. The van der Waals surface area contributed by atoms with E-state index in [1.54, 1.807) is 0 Å². The van der Waals surface area contributed by atoms with Crippen molar-refractivity contribution >= 4 is 6.09 Å². The van der Waals surface area contributed by atoms with E-state index in [1.165, 1.54) is 17.0 Å². The Labute approximate surface area is 174 Å². The number of carbonyl (C=O) groups is 1. The van der Waals surface area contributed by atoms with Crippen LogP contribution < -0.4 is 0 Å². The summed E-state index contributed by atoms with van der Waals surface area (Å²) in [5.41, 5.74) is 4.29. The van der Waals surface area contributed by atoms with Crippen molar-refractivity contribution < 1.29 is 9.53 Å². The normalized spacial score (nSPS) is 15.6. The van der Waals surface area contributed by atoms with Crippen LogP contribution in [0.3, 0.4) is 0 Å². The van der Waals surface area contributed by atoms with Crippen LogP contribution in [0.1, 0.15) is 43.4 Å². The lowest BCUT2D eigenvalue weighted by atomic mass is 10.2. The number of carbonyl (C=O) groups excluding carboxylic acids is 1. The first-order chi connectivity index (χ1) is 13.6. The van der Waals surface area contributed by atoms with E-state index in [1.807, 2.05) is 25.7 Å². The molecule has 1 amide bonds. The maximum Gasteiger partial charge on any atom is 0.410 e. The van der Waals surface area contributed by atoms with Crippen LogP contribution in [-0.2, 0) is 11.2 Å². The first kappa shape index (κ1) is 21.4. The molecule has 1 aliphatic heterocycles. The van der Waals surface area contributed by atoms with Gasteiger partial charge in [0.2, 0.25) is 0 Å². The molecular weight excluding hydrogens is 364 g/mol. The summed E-state index contributed by atoms with van der Waals surface area (Å²) in [6.45, 7) is 16.2. The zero-order valence-corrected chi connectivity index (χ0v) is 18.7. The Hall–Kier alpha value is -2.34. The summed E-state index contributed by atoms with van der Waals surface area (Å²) in [6.07, 6.45) is 0.695. The van der Waals surface area contributed by atoms with Gasteiger partial charge in [-0.15, -0.1) is 0 Å². The quantitative estimate of drug-likeness (QED) is 0.784. The molecular formula is C23H34N4O2. The predicted octanol–water partition coefficient (Wildman–Crippen LogP) is 3.89. The highest BCUT2D eigenvalue weighted by Gasteiger charge is 2.25. The summed E-state index contributed by atoms with van der Waals surface area (Å²) >= 11 is 0. The highest BCUT2D eigenvalue weighted by atomic mass is 16.6. The number of aryl methyl sites for hydroxylation is 3. The van der Waals surface area contributed by atoms with Gasteiger partial charge in [-0.05, 0) is 71.4 Å². The third-order valence-corrected chi connectivity index (χ3v) is 5.22. The lowest BCUT2D eigenvalue weighted by Crippen LogP contribution is -2.50. The number of ether oxygens (including phenoxy) is 1. The minimum absolute atomic E-state index is 0.209. The minimum atomic E-state index is -0.445. The SMILES string of the molecule is Cc1cc(CCN2CCN(C(=O)OC(C)(C)C)CC2)nc(-n2c(C)ccc2C)c1. The highest BCUT2D eigenvalue weighted by Crippen LogP contribution is 2.17. The van der Waals surface area contributed by atoms with Gasteiger partial charge in [-0.1, -0.05) is 0 Å². The molecule has 0 radical (unpaired) electrons. The zero-order valence-electron chi connectivity index (χ0n) is 18.7. The molecule has 0 saturated carbocycles. The summed E-state index contributed by atoms with van der Waals surface area (Å²) in [5, 5.41) is 0. The molecule has 0 N–H and O–H groups in total. The van der Waals surface area contributed by atoms with E-state index in [4.69, 9.17) is 9.72 Å². The number of pyridine rings is 1. The van der Waals surface area contributed by atoms with Gasteiger partial charge in [0.05, 0.1) is 0 Å². The molecule has 3 heterocycles. The van der Waals surface area contributed by atoms with Gasteiger partial charge >= 0.3 is 6.09 Å². The van der Waals surface area contributed by atoms with Crippen LogP contribution in [0.25, 0.3) is 5.82 Å². The van der Waals surface area contributed by atoms with Crippen molar-refractivity contribution in [2.75, 3.05) is 32.7 Å². The lowest BCUT2D eigenvalue weighted by molar-refractivity contribution is 0.0146. The van der Waals surface area contributed by atoms with Crippen molar-refractivity contribution in [3.8, 4) is 5.82 Å². The first-order valence-electron chi connectivity index (χ1n) is 10.5. The van der Waals surface area contributed by atoms with Crippen LogP contribution in [-0.4, -0.2) is 63.8 Å². The zero-order chi connectivity index (χ0) is 21.2. The molecule has 0 aromatic carbocycles. The van der Waals surface area contributed by atoms with E-state index in [2.05, 4.69) is 54.5 Å². The number of piperazine rings is 1. The molecule has 0 unspecified atom stereocenters. The predicted molar refractivity (Wildman–Crippen MR) is 116 cm³/mol. The average molecular weight is 399 g/mol. The maximum atomic E-state index is 12.2. The molecule has 1 aliphatic rings. The highest BCUT2D eigenvalue weighted by molar-refractivity contribution is 5.68. The Morgan fingerprint density at radius 2 is 1.66 bits per heavy atom. The van der Waals surface area contributed by atoms with Crippen LogP contribution in [0.4, 0.5) is 4.79 Å². The molecule has 6 heteroatoms. The van der Waals surface area contributed by atoms with Gasteiger partial charge in [-0.3, -0.25) is 4.90 Å². The van der Waals surface area contributed by atoms with Gasteiger partial charge in [0.15, 0.2) is 0 Å². The fraction of sp³-hybridized carbons (Fsp3) is 0.565. The van der Waals surface area contributed by atoms with Crippen molar-refractivity contribution in [2.45, 2.75) is 53.6 Å². The van der Waals surface area contributed by atoms with Crippen LogP contribution in [0.15, 0.2) is 24.3 Å². The summed E-state index contributed by atoms with van der Waals surface area (Å²) in [6, 6.07) is 8.57. The smallest absolute Gasteiger partial charge is 0.410 e. The topological polar surface area (TPSA) is 50.6 Å². The summed E-state index contributed by atoms with van der Waals surface area (Å²) < 4.78 is 7.68. The molecule has 2 aromatic heterocycles. The van der Waals surface area contributed by atoms with E-state index < -0.39 is 5.60 Å². The van der Waals surface area contributed by atoms with E-state index in [0.29, 0.717) is 13.1 Å². The van der Waals surface area contributed by atoms with Gasteiger partial charge < -0.3 is 14.2 Å². The second-order valence-electron chi connectivity index (χ2n) is 9.00. The first-order valence-corrected chi connectivity index (χ1v) is 10.5. The number of rotatable bonds is 4. The van der Waals surface area contributed by atoms with Crippen LogP contribution in [0.2, 0.25) is 0 Å². The third-order valence-electron chi connectivity index (χ3n) is 5.22. The molecule has 0 atom stereocenters. The van der Waals surface area contributed by atoms with Crippen molar-refractivity contribution in [1.82, 2.24) is 19.4 Å². The molecule has 6 nitrogen and oxygen atoms in total. The standard InChI is InChI=1S/C23H34N4O2/c1-17-15-20(24-21(16-17)27-18(2)7-8-19(27)3)9-10-25-11-13-26(14-12-25)22(28)29-23(4,5)6/h7-8,15-16H,9-14H2,1-6H3. The van der Waals surface area contributed by atoms with Crippen molar-refractivity contribution in [3.05, 3.63) is 46.9 Å². The second-order valence-corrected chi connectivity index (χ2v) is 9.00. The van der Waals surface area contributed by atoms with E-state index >= 15 is 0 Å².